The molecule has 2 fully saturated rings. The van der Waals surface area contributed by atoms with Crippen LogP contribution >= 0.6 is 0 Å². The maximum atomic E-state index is 12.1. The van der Waals surface area contributed by atoms with Crippen molar-refractivity contribution in [2.24, 2.45) is 23.5 Å². The highest BCUT2D eigenvalue weighted by atomic mass is 16.1. The van der Waals surface area contributed by atoms with Crippen molar-refractivity contribution in [3.8, 4) is 0 Å². The molecule has 0 radical (unpaired) electrons. The zero-order valence-electron chi connectivity index (χ0n) is 10.6. The molecule has 0 saturated heterocycles. The molecule has 5 nitrogen and oxygen atoms in total. The van der Waals surface area contributed by atoms with Crippen LogP contribution in [0.4, 0.5) is 0 Å². The lowest BCUT2D eigenvalue weighted by Gasteiger charge is -2.20. The quantitative estimate of drug-likeness (QED) is 0.796. The number of nitrogens with two attached hydrogens (primary N) is 1. The van der Waals surface area contributed by atoms with E-state index in [1.54, 1.807) is 10.9 Å². The van der Waals surface area contributed by atoms with Crippen LogP contribution in [0, 0.1) is 17.8 Å². The van der Waals surface area contributed by atoms with E-state index in [2.05, 4.69) is 10.3 Å². The molecule has 3 rings (SSSR count). The fourth-order valence-corrected chi connectivity index (χ4v) is 3.64. The number of rotatable bonds is 5. The summed E-state index contributed by atoms with van der Waals surface area (Å²) in [5.41, 5.74) is 5.95. The largest absolute Gasteiger partial charge is 0.329 e. The lowest BCUT2D eigenvalue weighted by molar-refractivity contribution is 0.0939. The zero-order valence-corrected chi connectivity index (χ0v) is 10.6. The number of Topliss-reactive ketones (excluding diaryl/α,β-unsaturated/α-hetero) is 1. The maximum absolute atomic E-state index is 12.1. The molecule has 0 aliphatic heterocycles. The van der Waals surface area contributed by atoms with E-state index in [9.17, 15) is 4.79 Å². The molecule has 2 saturated carbocycles. The molecule has 2 aliphatic carbocycles. The molecular formula is C13H20N4O. The number of hydrogen-bond acceptors (Lipinski definition) is 4. The van der Waals surface area contributed by atoms with Gasteiger partial charge in [0.15, 0.2) is 5.78 Å². The van der Waals surface area contributed by atoms with Crippen molar-refractivity contribution in [2.45, 2.75) is 38.6 Å². The molecule has 0 spiro atoms. The van der Waals surface area contributed by atoms with Crippen LogP contribution in [0.15, 0.2) is 6.20 Å². The molecule has 1 aromatic heterocycles. The van der Waals surface area contributed by atoms with Crippen LogP contribution in [-0.2, 0) is 6.54 Å². The van der Waals surface area contributed by atoms with Crippen LogP contribution in [0.25, 0.3) is 0 Å². The van der Waals surface area contributed by atoms with E-state index in [-0.39, 0.29) is 5.78 Å². The summed E-state index contributed by atoms with van der Waals surface area (Å²) >= 11 is 0. The molecule has 5 heteroatoms. The fourth-order valence-electron chi connectivity index (χ4n) is 3.64. The standard InChI is InChI=1S/C13H20N4O/c14-3-4-17-8-12(15-16-17)13(18)7-11-6-9-1-2-10(11)5-9/h8-11H,1-7,14H2. The average Bonchev–Trinajstić information content (AvgIpc) is 3.04. The van der Waals surface area contributed by atoms with Gasteiger partial charge in [0, 0.05) is 13.0 Å². The summed E-state index contributed by atoms with van der Waals surface area (Å²) in [4.78, 5) is 12.1. The Hall–Kier alpha value is -1.23. The molecule has 2 N–H and O–H groups in total. The molecule has 3 unspecified atom stereocenters. The first-order valence-electron chi connectivity index (χ1n) is 6.89. The third-order valence-electron chi connectivity index (χ3n) is 4.51. The van der Waals surface area contributed by atoms with E-state index < -0.39 is 0 Å². The predicted octanol–water partition coefficient (Wildman–Crippen LogP) is 1.25. The molecule has 18 heavy (non-hydrogen) atoms. The normalized spacial score (nSPS) is 29.9. The van der Waals surface area contributed by atoms with Crippen molar-refractivity contribution in [2.75, 3.05) is 6.54 Å². The van der Waals surface area contributed by atoms with E-state index in [0.29, 0.717) is 31.1 Å². The first-order chi connectivity index (χ1) is 8.76. The third kappa shape index (κ3) is 2.19. The molecule has 1 aromatic rings. The first-order valence-corrected chi connectivity index (χ1v) is 6.89. The fraction of sp³-hybridized carbons (Fsp3) is 0.769. The highest BCUT2D eigenvalue weighted by Gasteiger charge is 2.40. The van der Waals surface area contributed by atoms with Gasteiger partial charge in [-0.05, 0) is 37.0 Å². The molecule has 2 bridgehead atoms. The van der Waals surface area contributed by atoms with E-state index in [1.807, 2.05) is 0 Å². The summed E-state index contributed by atoms with van der Waals surface area (Å²) in [5, 5.41) is 7.86. The van der Waals surface area contributed by atoms with E-state index >= 15 is 0 Å². The van der Waals surface area contributed by atoms with Crippen LogP contribution in [0.3, 0.4) is 0 Å². The molecule has 3 atom stereocenters. The first kappa shape index (κ1) is 11.8. The molecule has 0 aromatic carbocycles. The summed E-state index contributed by atoms with van der Waals surface area (Å²) in [5.74, 6) is 2.42. The lowest BCUT2D eigenvalue weighted by Crippen LogP contribution is -2.15. The third-order valence-corrected chi connectivity index (χ3v) is 4.51. The Balaban J connectivity index is 1.60. The Kier molecular flexibility index (Phi) is 3.16. The predicted molar refractivity (Wildman–Crippen MR) is 67.0 cm³/mol. The summed E-state index contributed by atoms with van der Waals surface area (Å²) in [6.45, 7) is 1.14. The summed E-state index contributed by atoms with van der Waals surface area (Å²) < 4.78 is 1.65. The van der Waals surface area contributed by atoms with Gasteiger partial charge in [0.25, 0.3) is 0 Å². The van der Waals surface area contributed by atoms with Crippen molar-refractivity contribution < 1.29 is 4.79 Å². The summed E-state index contributed by atoms with van der Waals surface area (Å²) in [7, 11) is 0. The van der Waals surface area contributed by atoms with Crippen molar-refractivity contribution in [1.29, 1.82) is 0 Å². The van der Waals surface area contributed by atoms with Crippen molar-refractivity contribution in [3.05, 3.63) is 11.9 Å². The number of hydrogen-bond donors (Lipinski definition) is 1. The highest BCUT2D eigenvalue weighted by molar-refractivity contribution is 5.94. The average molecular weight is 248 g/mol. The SMILES string of the molecule is NCCn1cc(C(=O)CC2CC3CCC2C3)nn1. The van der Waals surface area contributed by atoms with Gasteiger partial charge in [-0.2, -0.15) is 0 Å². The second-order valence-corrected chi connectivity index (χ2v) is 5.72. The van der Waals surface area contributed by atoms with Gasteiger partial charge in [0.05, 0.1) is 12.7 Å². The van der Waals surface area contributed by atoms with Gasteiger partial charge in [-0.25, -0.2) is 0 Å². The van der Waals surface area contributed by atoms with Gasteiger partial charge >= 0.3 is 0 Å². The second-order valence-electron chi connectivity index (χ2n) is 5.72. The van der Waals surface area contributed by atoms with Crippen molar-refractivity contribution in [3.63, 3.8) is 0 Å². The lowest BCUT2D eigenvalue weighted by atomic mass is 9.85. The van der Waals surface area contributed by atoms with E-state index in [1.165, 1.54) is 25.7 Å². The van der Waals surface area contributed by atoms with Crippen molar-refractivity contribution in [1.82, 2.24) is 15.0 Å². The van der Waals surface area contributed by atoms with Crippen LogP contribution < -0.4 is 5.73 Å². The Morgan fingerprint density at radius 1 is 1.44 bits per heavy atom. The number of carbonyl (C=O) groups is 1. The monoisotopic (exact) mass is 248 g/mol. The number of ketones is 1. The highest BCUT2D eigenvalue weighted by Crippen LogP contribution is 2.49. The number of nitrogens with zero attached hydrogens (tertiary/aromatic N) is 3. The van der Waals surface area contributed by atoms with Gasteiger partial charge in [-0.3, -0.25) is 9.48 Å². The summed E-state index contributed by atoms with van der Waals surface area (Å²) in [6, 6.07) is 0. The Labute approximate surface area is 107 Å². The minimum Gasteiger partial charge on any atom is -0.329 e. The Morgan fingerprint density at radius 3 is 3.00 bits per heavy atom. The van der Waals surface area contributed by atoms with Crippen molar-refractivity contribution >= 4 is 5.78 Å². The molecule has 2 aliphatic rings. The van der Waals surface area contributed by atoms with Crippen LogP contribution in [0.1, 0.15) is 42.6 Å². The minimum atomic E-state index is 0.149. The van der Waals surface area contributed by atoms with E-state index in [4.69, 9.17) is 5.73 Å². The molecule has 1 heterocycles. The molecule has 0 amide bonds. The van der Waals surface area contributed by atoms with Crippen LogP contribution in [-0.4, -0.2) is 27.3 Å². The Morgan fingerprint density at radius 2 is 2.33 bits per heavy atom. The molecule has 98 valence electrons. The smallest absolute Gasteiger partial charge is 0.185 e. The number of aromatic nitrogens is 3. The van der Waals surface area contributed by atoms with E-state index in [0.717, 1.165) is 11.8 Å². The van der Waals surface area contributed by atoms with Gasteiger partial charge in [-0.1, -0.05) is 11.6 Å². The topological polar surface area (TPSA) is 73.8 Å². The summed E-state index contributed by atoms with van der Waals surface area (Å²) in [6.07, 6.45) is 7.67. The maximum Gasteiger partial charge on any atom is 0.185 e. The van der Waals surface area contributed by atoms with Gasteiger partial charge in [-0.15, -0.1) is 5.10 Å². The minimum absolute atomic E-state index is 0.149. The Bertz CT molecular complexity index is 442. The zero-order chi connectivity index (χ0) is 12.5. The van der Waals surface area contributed by atoms with Gasteiger partial charge in [0.2, 0.25) is 0 Å². The van der Waals surface area contributed by atoms with Gasteiger partial charge in [0.1, 0.15) is 5.69 Å². The van der Waals surface area contributed by atoms with Crippen LogP contribution in [0.2, 0.25) is 0 Å². The number of fused-ring (bicyclic) bond motifs is 2. The number of carbonyl (C=O) groups excluding carboxylic acids is 1. The van der Waals surface area contributed by atoms with Gasteiger partial charge < -0.3 is 5.73 Å². The second kappa shape index (κ2) is 4.80. The molecular weight excluding hydrogens is 228 g/mol. The van der Waals surface area contributed by atoms with Crippen LogP contribution in [0.5, 0.6) is 0 Å².